The Kier molecular flexibility index (Phi) is 8.04. The van der Waals surface area contributed by atoms with E-state index in [-0.39, 0.29) is 18.3 Å². The van der Waals surface area contributed by atoms with Crippen LogP contribution in [0.5, 0.6) is 0 Å². The van der Waals surface area contributed by atoms with Crippen molar-refractivity contribution in [2.24, 2.45) is 0 Å². The van der Waals surface area contributed by atoms with Crippen molar-refractivity contribution in [2.75, 3.05) is 20.1 Å². The molecule has 0 radical (unpaired) electrons. The molecule has 0 aliphatic carbocycles. The van der Waals surface area contributed by atoms with E-state index in [2.05, 4.69) is 26.6 Å². The first kappa shape index (κ1) is 14.9. The van der Waals surface area contributed by atoms with Crippen molar-refractivity contribution in [3.63, 3.8) is 0 Å². The zero-order valence-corrected chi connectivity index (χ0v) is 11.6. The zero-order valence-electron chi connectivity index (χ0n) is 8.38. The smallest absolute Gasteiger partial charge is 0.261 e. The van der Waals surface area contributed by atoms with Crippen LogP contribution in [0.1, 0.15) is 16.1 Å². The average molecular weight is 314 g/mol. The van der Waals surface area contributed by atoms with Gasteiger partial charge in [-0.15, -0.1) is 23.7 Å². The highest BCUT2D eigenvalue weighted by atomic mass is 79.9. The van der Waals surface area contributed by atoms with Gasteiger partial charge >= 0.3 is 0 Å². The predicted octanol–water partition coefficient (Wildman–Crippen LogP) is 2.27. The van der Waals surface area contributed by atoms with Gasteiger partial charge in [0.15, 0.2) is 0 Å². The minimum Gasteiger partial charge on any atom is -0.351 e. The molecule has 0 aliphatic heterocycles. The van der Waals surface area contributed by atoms with Crippen LogP contribution in [0.15, 0.2) is 15.9 Å². The highest BCUT2D eigenvalue weighted by Crippen LogP contribution is 2.19. The highest BCUT2D eigenvalue weighted by Gasteiger charge is 2.06. The second kappa shape index (κ2) is 8.10. The number of carbonyl (C=O) groups is 1. The summed E-state index contributed by atoms with van der Waals surface area (Å²) < 4.78 is 0.961. The maximum absolute atomic E-state index is 11.5. The molecule has 86 valence electrons. The summed E-state index contributed by atoms with van der Waals surface area (Å²) in [6.45, 7) is 1.64. The van der Waals surface area contributed by atoms with Gasteiger partial charge < -0.3 is 10.6 Å². The van der Waals surface area contributed by atoms with Gasteiger partial charge in [-0.25, -0.2) is 0 Å². The molecule has 0 fully saturated rings. The van der Waals surface area contributed by atoms with E-state index in [0.29, 0.717) is 0 Å². The molecule has 1 rings (SSSR count). The van der Waals surface area contributed by atoms with Crippen molar-refractivity contribution in [1.82, 2.24) is 10.6 Å². The van der Waals surface area contributed by atoms with Crippen LogP contribution >= 0.6 is 39.7 Å². The standard InChI is InChI=1S/C9H13BrN2OS.ClH/c1-11-3-2-4-12-9(13)8-5-7(10)6-14-8;/h5-6,11H,2-4H2,1H3,(H,12,13);1H. The van der Waals surface area contributed by atoms with Crippen LogP contribution in [0, 0.1) is 0 Å². The Morgan fingerprint density at radius 2 is 2.27 bits per heavy atom. The summed E-state index contributed by atoms with van der Waals surface area (Å²) in [6, 6.07) is 1.83. The SMILES string of the molecule is CNCCCNC(=O)c1cc(Br)cs1.Cl. The van der Waals surface area contributed by atoms with E-state index in [1.165, 1.54) is 11.3 Å². The van der Waals surface area contributed by atoms with Crippen molar-refractivity contribution in [3.05, 3.63) is 20.8 Å². The Balaban J connectivity index is 0.00000196. The van der Waals surface area contributed by atoms with Gasteiger partial charge in [-0.2, -0.15) is 0 Å². The third kappa shape index (κ3) is 5.51. The molecule has 0 bridgehead atoms. The Morgan fingerprint density at radius 1 is 1.53 bits per heavy atom. The molecule has 0 saturated carbocycles. The number of rotatable bonds is 5. The van der Waals surface area contributed by atoms with Gasteiger partial charge in [0.2, 0.25) is 0 Å². The number of thiophene rings is 1. The minimum atomic E-state index is 0. The van der Waals surface area contributed by atoms with Gasteiger partial charge in [0.25, 0.3) is 5.91 Å². The van der Waals surface area contributed by atoms with Gasteiger partial charge in [0.1, 0.15) is 0 Å². The van der Waals surface area contributed by atoms with E-state index in [4.69, 9.17) is 0 Å². The Bertz CT molecular complexity index is 306. The average Bonchev–Trinajstić information content (AvgIpc) is 2.59. The third-order valence-corrected chi connectivity index (χ3v) is 3.37. The fraction of sp³-hybridized carbons (Fsp3) is 0.444. The van der Waals surface area contributed by atoms with Crippen LogP contribution in [0.4, 0.5) is 0 Å². The van der Waals surface area contributed by atoms with Crippen molar-refractivity contribution >= 4 is 45.6 Å². The molecule has 3 nitrogen and oxygen atoms in total. The quantitative estimate of drug-likeness (QED) is 0.819. The second-order valence-corrected chi connectivity index (χ2v) is 4.67. The molecule has 1 aromatic rings. The maximum atomic E-state index is 11.5. The largest absolute Gasteiger partial charge is 0.351 e. The molecule has 15 heavy (non-hydrogen) atoms. The van der Waals surface area contributed by atoms with Gasteiger partial charge in [0.05, 0.1) is 4.88 Å². The first-order valence-electron chi connectivity index (χ1n) is 4.41. The zero-order chi connectivity index (χ0) is 10.4. The van der Waals surface area contributed by atoms with Crippen LogP contribution < -0.4 is 10.6 Å². The number of carbonyl (C=O) groups excluding carboxylic acids is 1. The molecule has 1 aromatic heterocycles. The van der Waals surface area contributed by atoms with Crippen molar-refractivity contribution in [2.45, 2.75) is 6.42 Å². The Labute approximate surface area is 108 Å². The lowest BCUT2D eigenvalue weighted by Crippen LogP contribution is -2.25. The summed E-state index contributed by atoms with van der Waals surface area (Å²) in [5.41, 5.74) is 0. The number of halogens is 2. The van der Waals surface area contributed by atoms with E-state index < -0.39 is 0 Å². The Hall–Kier alpha value is -0.100. The molecule has 0 spiro atoms. The first-order valence-corrected chi connectivity index (χ1v) is 6.08. The van der Waals surface area contributed by atoms with Crippen molar-refractivity contribution in [3.8, 4) is 0 Å². The van der Waals surface area contributed by atoms with Crippen LogP contribution in [0.2, 0.25) is 0 Å². The summed E-state index contributed by atoms with van der Waals surface area (Å²) >= 11 is 4.76. The van der Waals surface area contributed by atoms with E-state index >= 15 is 0 Å². The van der Waals surface area contributed by atoms with Gasteiger partial charge in [-0.3, -0.25) is 4.79 Å². The summed E-state index contributed by atoms with van der Waals surface area (Å²) in [5, 5.41) is 7.79. The third-order valence-electron chi connectivity index (χ3n) is 1.68. The summed E-state index contributed by atoms with van der Waals surface area (Å²) in [4.78, 5) is 12.2. The van der Waals surface area contributed by atoms with Gasteiger partial charge in [-0.1, -0.05) is 0 Å². The van der Waals surface area contributed by atoms with Crippen LogP contribution in [0.3, 0.4) is 0 Å². The summed E-state index contributed by atoms with van der Waals surface area (Å²) in [6.07, 6.45) is 0.953. The fourth-order valence-corrected chi connectivity index (χ4v) is 2.33. The molecular weight excluding hydrogens is 300 g/mol. The minimum absolute atomic E-state index is 0. The predicted molar refractivity (Wildman–Crippen MR) is 70.1 cm³/mol. The van der Waals surface area contributed by atoms with Crippen molar-refractivity contribution < 1.29 is 4.79 Å². The topological polar surface area (TPSA) is 41.1 Å². The molecule has 0 aliphatic rings. The molecule has 1 amide bonds. The van der Waals surface area contributed by atoms with Crippen LogP contribution in [0.25, 0.3) is 0 Å². The fourth-order valence-electron chi connectivity index (χ4n) is 0.986. The van der Waals surface area contributed by atoms with E-state index in [1.807, 2.05) is 18.5 Å². The molecular formula is C9H14BrClN2OS. The Morgan fingerprint density at radius 3 is 2.80 bits per heavy atom. The highest BCUT2D eigenvalue weighted by molar-refractivity contribution is 9.10. The number of nitrogens with one attached hydrogen (secondary N) is 2. The molecule has 1 heterocycles. The van der Waals surface area contributed by atoms with Crippen LogP contribution in [-0.2, 0) is 0 Å². The first-order chi connectivity index (χ1) is 6.74. The monoisotopic (exact) mass is 312 g/mol. The van der Waals surface area contributed by atoms with Gasteiger partial charge in [-0.05, 0) is 42.0 Å². The summed E-state index contributed by atoms with van der Waals surface area (Å²) in [7, 11) is 1.90. The van der Waals surface area contributed by atoms with Gasteiger partial charge in [0, 0.05) is 16.4 Å². The number of amides is 1. The van der Waals surface area contributed by atoms with Crippen LogP contribution in [-0.4, -0.2) is 26.0 Å². The number of hydrogen-bond acceptors (Lipinski definition) is 3. The molecule has 2 N–H and O–H groups in total. The lowest BCUT2D eigenvalue weighted by molar-refractivity contribution is 0.0957. The molecule has 0 atom stereocenters. The van der Waals surface area contributed by atoms with E-state index in [9.17, 15) is 4.79 Å². The summed E-state index contributed by atoms with van der Waals surface area (Å²) in [5.74, 6) is 0.0109. The lowest BCUT2D eigenvalue weighted by atomic mass is 10.4. The number of hydrogen-bond donors (Lipinski definition) is 2. The molecule has 0 aromatic carbocycles. The van der Waals surface area contributed by atoms with Crippen molar-refractivity contribution in [1.29, 1.82) is 0 Å². The lowest BCUT2D eigenvalue weighted by Gasteiger charge is -2.02. The molecule has 0 saturated heterocycles. The molecule has 0 unspecified atom stereocenters. The molecule has 6 heteroatoms. The second-order valence-electron chi connectivity index (χ2n) is 2.84. The normalized spacial score (nSPS) is 9.47. The van der Waals surface area contributed by atoms with E-state index in [1.54, 1.807) is 0 Å². The van der Waals surface area contributed by atoms with E-state index in [0.717, 1.165) is 28.9 Å². The maximum Gasteiger partial charge on any atom is 0.261 e.